The van der Waals surface area contributed by atoms with E-state index in [1.165, 1.54) is 18.9 Å². The Morgan fingerprint density at radius 3 is 2.87 bits per heavy atom. The van der Waals surface area contributed by atoms with Crippen LogP contribution in [0.3, 0.4) is 0 Å². The predicted octanol–water partition coefficient (Wildman–Crippen LogP) is 1.06. The van der Waals surface area contributed by atoms with Crippen LogP contribution in [-0.2, 0) is 9.53 Å². The molecule has 0 aliphatic rings. The molecule has 1 rings (SSSR count). The number of carbonyl (C=O) groups excluding carboxylic acids is 1. The Morgan fingerprint density at radius 1 is 1.60 bits per heavy atom. The van der Waals surface area contributed by atoms with E-state index in [4.69, 9.17) is 5.73 Å². The minimum atomic E-state index is -0.623. The zero-order valence-electron chi connectivity index (χ0n) is 8.71. The first-order valence-electron chi connectivity index (χ1n) is 4.56. The quantitative estimate of drug-likeness (QED) is 0.614. The van der Waals surface area contributed by atoms with E-state index < -0.39 is 12.0 Å². The standard InChI is InChI=1S/C10H14N2O2S/c1-7(9(11)10(13)14-2)15-8-5-3-4-6-12-8/h3-7,9H,11H2,1-2H3/t7-,9+/m0/s1. The summed E-state index contributed by atoms with van der Waals surface area (Å²) in [7, 11) is 1.33. The van der Waals surface area contributed by atoms with E-state index >= 15 is 0 Å². The number of nitrogens with two attached hydrogens (primary N) is 1. The summed E-state index contributed by atoms with van der Waals surface area (Å²) in [4.78, 5) is 15.3. The molecule has 0 amide bonds. The van der Waals surface area contributed by atoms with Crippen molar-refractivity contribution < 1.29 is 9.53 Å². The molecule has 0 saturated heterocycles. The van der Waals surface area contributed by atoms with Crippen LogP contribution in [0.25, 0.3) is 0 Å². The van der Waals surface area contributed by atoms with Gasteiger partial charge in [-0.25, -0.2) is 4.98 Å². The van der Waals surface area contributed by atoms with Crippen LogP contribution in [0.4, 0.5) is 0 Å². The van der Waals surface area contributed by atoms with Gasteiger partial charge in [0.05, 0.1) is 12.1 Å². The van der Waals surface area contributed by atoms with Gasteiger partial charge in [-0.2, -0.15) is 0 Å². The Labute approximate surface area is 93.2 Å². The molecule has 0 radical (unpaired) electrons. The summed E-state index contributed by atoms with van der Waals surface area (Å²) in [6, 6.07) is 4.99. The van der Waals surface area contributed by atoms with Crippen molar-refractivity contribution in [1.82, 2.24) is 4.98 Å². The average Bonchev–Trinajstić information content (AvgIpc) is 2.28. The van der Waals surface area contributed by atoms with Crippen molar-refractivity contribution >= 4 is 17.7 Å². The van der Waals surface area contributed by atoms with Crippen LogP contribution < -0.4 is 5.73 Å². The van der Waals surface area contributed by atoms with Gasteiger partial charge in [0, 0.05) is 11.4 Å². The molecule has 0 spiro atoms. The second-order valence-corrected chi connectivity index (χ2v) is 4.44. The van der Waals surface area contributed by atoms with Crippen LogP contribution in [0.1, 0.15) is 6.92 Å². The number of thioether (sulfide) groups is 1. The molecular weight excluding hydrogens is 212 g/mol. The van der Waals surface area contributed by atoms with Crippen molar-refractivity contribution in [3.8, 4) is 0 Å². The van der Waals surface area contributed by atoms with Crippen molar-refractivity contribution in [2.45, 2.75) is 23.2 Å². The SMILES string of the molecule is COC(=O)[C@H](N)[C@H](C)Sc1ccccn1. The number of esters is 1. The fourth-order valence-corrected chi connectivity index (χ4v) is 1.93. The van der Waals surface area contributed by atoms with Gasteiger partial charge in [-0.15, -0.1) is 11.8 Å². The molecule has 1 aromatic heterocycles. The maximum atomic E-state index is 11.2. The Morgan fingerprint density at radius 2 is 2.33 bits per heavy atom. The first-order chi connectivity index (χ1) is 7.15. The third-order valence-electron chi connectivity index (χ3n) is 1.92. The zero-order chi connectivity index (χ0) is 11.3. The highest BCUT2D eigenvalue weighted by atomic mass is 32.2. The Bertz CT molecular complexity index is 318. The van der Waals surface area contributed by atoms with Crippen LogP contribution >= 0.6 is 11.8 Å². The van der Waals surface area contributed by atoms with Crippen molar-refractivity contribution in [3.63, 3.8) is 0 Å². The van der Waals surface area contributed by atoms with Crippen molar-refractivity contribution in [2.24, 2.45) is 5.73 Å². The molecule has 2 atom stereocenters. The summed E-state index contributed by atoms with van der Waals surface area (Å²) in [5.74, 6) is -0.397. The number of ether oxygens (including phenoxy) is 1. The molecule has 0 aromatic carbocycles. The summed E-state index contributed by atoms with van der Waals surface area (Å²) in [6.45, 7) is 1.88. The zero-order valence-corrected chi connectivity index (χ0v) is 9.53. The van der Waals surface area contributed by atoms with Gasteiger partial charge in [0.2, 0.25) is 0 Å². The largest absolute Gasteiger partial charge is 0.468 e. The maximum absolute atomic E-state index is 11.2. The maximum Gasteiger partial charge on any atom is 0.323 e. The van der Waals surface area contributed by atoms with E-state index in [2.05, 4.69) is 9.72 Å². The molecule has 0 aliphatic carbocycles. The van der Waals surface area contributed by atoms with Gasteiger partial charge in [-0.3, -0.25) is 4.79 Å². The third kappa shape index (κ3) is 3.53. The number of aromatic nitrogens is 1. The molecule has 1 heterocycles. The normalized spacial score (nSPS) is 14.3. The lowest BCUT2D eigenvalue weighted by Gasteiger charge is -2.16. The summed E-state index contributed by atoms with van der Waals surface area (Å²) < 4.78 is 4.57. The van der Waals surface area contributed by atoms with Crippen LogP contribution in [0, 0.1) is 0 Å². The van der Waals surface area contributed by atoms with Crippen LogP contribution in [0.5, 0.6) is 0 Å². The van der Waals surface area contributed by atoms with Crippen molar-refractivity contribution in [3.05, 3.63) is 24.4 Å². The highest BCUT2D eigenvalue weighted by Gasteiger charge is 2.22. The smallest absolute Gasteiger partial charge is 0.323 e. The summed E-state index contributed by atoms with van der Waals surface area (Å²) >= 11 is 1.46. The molecule has 1 aromatic rings. The van der Waals surface area contributed by atoms with Crippen LogP contribution in [-0.4, -0.2) is 29.4 Å². The van der Waals surface area contributed by atoms with E-state index in [9.17, 15) is 4.79 Å². The van der Waals surface area contributed by atoms with Gasteiger partial charge in [0.25, 0.3) is 0 Å². The lowest BCUT2D eigenvalue weighted by molar-refractivity contribution is -0.142. The van der Waals surface area contributed by atoms with Gasteiger partial charge < -0.3 is 10.5 Å². The fraction of sp³-hybridized carbons (Fsp3) is 0.400. The van der Waals surface area contributed by atoms with Gasteiger partial charge >= 0.3 is 5.97 Å². The second-order valence-electron chi connectivity index (χ2n) is 3.04. The first kappa shape index (κ1) is 12.0. The average molecular weight is 226 g/mol. The van der Waals surface area contributed by atoms with Gasteiger partial charge in [0.15, 0.2) is 0 Å². The second kappa shape index (κ2) is 5.72. The molecule has 2 N–H and O–H groups in total. The summed E-state index contributed by atoms with van der Waals surface area (Å²) in [6.07, 6.45) is 1.71. The molecule has 0 unspecified atom stereocenters. The third-order valence-corrected chi connectivity index (χ3v) is 3.07. The summed E-state index contributed by atoms with van der Waals surface area (Å²) in [5, 5.41) is 0.789. The number of nitrogens with zero attached hydrogens (tertiary/aromatic N) is 1. The Hall–Kier alpha value is -1.07. The molecule has 0 aliphatic heterocycles. The number of pyridine rings is 1. The molecule has 15 heavy (non-hydrogen) atoms. The molecule has 0 saturated carbocycles. The number of hydrogen-bond donors (Lipinski definition) is 1. The van der Waals surface area contributed by atoms with E-state index in [0.717, 1.165) is 5.03 Å². The molecule has 5 heteroatoms. The lowest BCUT2D eigenvalue weighted by atomic mass is 10.2. The minimum Gasteiger partial charge on any atom is -0.468 e. The molecule has 0 bridgehead atoms. The number of carbonyl (C=O) groups is 1. The van der Waals surface area contributed by atoms with Crippen molar-refractivity contribution in [2.75, 3.05) is 7.11 Å². The monoisotopic (exact) mass is 226 g/mol. The van der Waals surface area contributed by atoms with Crippen LogP contribution in [0.2, 0.25) is 0 Å². The van der Waals surface area contributed by atoms with E-state index in [1.54, 1.807) is 6.20 Å². The van der Waals surface area contributed by atoms with Gasteiger partial charge in [-0.1, -0.05) is 13.0 Å². The number of hydrogen-bond acceptors (Lipinski definition) is 5. The van der Waals surface area contributed by atoms with Gasteiger partial charge in [-0.05, 0) is 12.1 Å². The lowest BCUT2D eigenvalue weighted by Crippen LogP contribution is -2.39. The van der Waals surface area contributed by atoms with E-state index in [1.807, 2.05) is 25.1 Å². The summed E-state index contributed by atoms with van der Waals surface area (Å²) in [5.41, 5.74) is 5.70. The van der Waals surface area contributed by atoms with Crippen molar-refractivity contribution in [1.29, 1.82) is 0 Å². The number of methoxy groups -OCH3 is 1. The number of rotatable bonds is 4. The molecule has 0 fully saturated rings. The molecule has 82 valence electrons. The Kier molecular flexibility index (Phi) is 4.58. The highest BCUT2D eigenvalue weighted by molar-refractivity contribution is 7.99. The van der Waals surface area contributed by atoms with E-state index in [-0.39, 0.29) is 5.25 Å². The molecule has 4 nitrogen and oxygen atoms in total. The fourth-order valence-electron chi connectivity index (χ4n) is 1.01. The Balaban J connectivity index is 2.56. The topological polar surface area (TPSA) is 65.2 Å². The van der Waals surface area contributed by atoms with Crippen LogP contribution in [0.15, 0.2) is 29.4 Å². The highest BCUT2D eigenvalue weighted by Crippen LogP contribution is 2.22. The van der Waals surface area contributed by atoms with Gasteiger partial charge in [0.1, 0.15) is 6.04 Å². The first-order valence-corrected chi connectivity index (χ1v) is 5.44. The van der Waals surface area contributed by atoms with E-state index in [0.29, 0.717) is 0 Å². The molecular formula is C10H14N2O2S. The minimum absolute atomic E-state index is 0.0626. The predicted molar refractivity (Wildman–Crippen MR) is 59.5 cm³/mol.